The summed E-state index contributed by atoms with van der Waals surface area (Å²) in [7, 11) is 1.56. The van der Waals surface area contributed by atoms with Crippen LogP contribution in [0.2, 0.25) is 0 Å². The highest BCUT2D eigenvalue weighted by atomic mass is 16.5. The topological polar surface area (TPSA) is 58.6 Å². The van der Waals surface area contributed by atoms with E-state index in [0.717, 1.165) is 0 Å². The van der Waals surface area contributed by atoms with Gasteiger partial charge in [0.05, 0.1) is 7.11 Å². The van der Waals surface area contributed by atoms with Gasteiger partial charge in [0.25, 0.3) is 5.91 Å². The Morgan fingerprint density at radius 2 is 1.89 bits per heavy atom. The van der Waals surface area contributed by atoms with Crippen LogP contribution in [0.4, 0.5) is 5.69 Å². The average molecular weight is 257 g/mol. The predicted molar refractivity (Wildman–Crippen MR) is 73.0 cm³/mol. The van der Waals surface area contributed by atoms with E-state index in [2.05, 4.69) is 5.32 Å². The third-order valence-electron chi connectivity index (χ3n) is 2.70. The van der Waals surface area contributed by atoms with Gasteiger partial charge in [-0.25, -0.2) is 0 Å². The summed E-state index contributed by atoms with van der Waals surface area (Å²) in [4.78, 5) is 11.9. The van der Waals surface area contributed by atoms with Gasteiger partial charge in [-0.2, -0.15) is 0 Å². The van der Waals surface area contributed by atoms with Gasteiger partial charge < -0.3 is 15.2 Å². The van der Waals surface area contributed by atoms with Crippen molar-refractivity contribution < 1.29 is 14.6 Å². The molecule has 0 aromatic heterocycles. The van der Waals surface area contributed by atoms with E-state index < -0.39 is 12.0 Å². The lowest BCUT2D eigenvalue weighted by molar-refractivity contribution is -0.124. The van der Waals surface area contributed by atoms with Crippen LogP contribution >= 0.6 is 0 Å². The zero-order chi connectivity index (χ0) is 13.7. The van der Waals surface area contributed by atoms with Crippen molar-refractivity contribution in [2.45, 2.75) is 6.10 Å². The molecule has 0 saturated heterocycles. The number of hydrogen-bond acceptors (Lipinski definition) is 3. The van der Waals surface area contributed by atoms with Gasteiger partial charge in [-0.1, -0.05) is 36.4 Å². The molecular formula is C15H15NO3. The molecule has 19 heavy (non-hydrogen) atoms. The quantitative estimate of drug-likeness (QED) is 0.884. The van der Waals surface area contributed by atoms with Gasteiger partial charge in [0, 0.05) is 11.8 Å². The van der Waals surface area contributed by atoms with Gasteiger partial charge >= 0.3 is 0 Å². The minimum absolute atomic E-state index is 0.473. The van der Waals surface area contributed by atoms with Gasteiger partial charge in [0.2, 0.25) is 0 Å². The molecule has 1 amide bonds. The monoisotopic (exact) mass is 257 g/mol. The fraction of sp³-hybridized carbons (Fsp3) is 0.133. The Kier molecular flexibility index (Phi) is 4.15. The molecule has 4 heteroatoms. The fourth-order valence-electron chi connectivity index (χ4n) is 1.70. The van der Waals surface area contributed by atoms with Crippen LogP contribution < -0.4 is 10.1 Å². The second-order valence-corrected chi connectivity index (χ2v) is 4.03. The maximum atomic E-state index is 11.9. The normalized spacial score (nSPS) is 11.7. The number of ether oxygens (including phenoxy) is 1. The number of hydrogen-bond donors (Lipinski definition) is 2. The first-order valence-electron chi connectivity index (χ1n) is 5.88. The number of anilines is 1. The molecule has 0 radical (unpaired) electrons. The van der Waals surface area contributed by atoms with E-state index in [0.29, 0.717) is 17.0 Å². The number of nitrogens with one attached hydrogen (secondary N) is 1. The Morgan fingerprint density at radius 1 is 1.16 bits per heavy atom. The van der Waals surface area contributed by atoms with Crippen LogP contribution in [0.1, 0.15) is 11.7 Å². The van der Waals surface area contributed by atoms with Gasteiger partial charge in [-0.15, -0.1) is 0 Å². The van der Waals surface area contributed by atoms with Crippen molar-refractivity contribution in [2.24, 2.45) is 0 Å². The largest absolute Gasteiger partial charge is 0.497 e. The van der Waals surface area contributed by atoms with Crippen molar-refractivity contribution in [3.05, 3.63) is 60.2 Å². The summed E-state index contributed by atoms with van der Waals surface area (Å²) in [6.45, 7) is 0. The van der Waals surface area contributed by atoms with Crippen LogP contribution in [0, 0.1) is 0 Å². The number of aliphatic hydroxyl groups is 1. The van der Waals surface area contributed by atoms with E-state index in [9.17, 15) is 9.90 Å². The Labute approximate surface area is 111 Å². The van der Waals surface area contributed by atoms with Crippen molar-refractivity contribution in [1.29, 1.82) is 0 Å². The summed E-state index contributed by atoms with van der Waals surface area (Å²) in [6.07, 6.45) is -1.19. The molecule has 0 aliphatic rings. The zero-order valence-electron chi connectivity index (χ0n) is 10.5. The van der Waals surface area contributed by atoms with Crippen LogP contribution in [0.5, 0.6) is 5.75 Å². The van der Waals surface area contributed by atoms with E-state index in [-0.39, 0.29) is 0 Å². The highest BCUT2D eigenvalue weighted by molar-refractivity contribution is 5.94. The lowest BCUT2D eigenvalue weighted by Crippen LogP contribution is -2.20. The molecular weight excluding hydrogens is 242 g/mol. The number of benzene rings is 2. The molecule has 4 nitrogen and oxygen atoms in total. The molecule has 2 rings (SSSR count). The second kappa shape index (κ2) is 6.02. The van der Waals surface area contributed by atoms with Gasteiger partial charge in [-0.3, -0.25) is 4.79 Å². The fourth-order valence-corrected chi connectivity index (χ4v) is 1.70. The second-order valence-electron chi connectivity index (χ2n) is 4.03. The Morgan fingerprint density at radius 3 is 2.58 bits per heavy atom. The standard InChI is InChI=1S/C15H15NO3/c1-19-13-9-5-8-12(10-13)16-15(18)14(17)11-6-3-2-4-7-11/h2-10,14,17H,1H3,(H,16,18)/t14-/m1/s1. The Balaban J connectivity index is 2.08. The molecule has 98 valence electrons. The minimum atomic E-state index is -1.19. The lowest BCUT2D eigenvalue weighted by Gasteiger charge is -2.12. The molecule has 2 aromatic carbocycles. The highest BCUT2D eigenvalue weighted by Gasteiger charge is 2.16. The lowest BCUT2D eigenvalue weighted by atomic mass is 10.1. The van der Waals surface area contributed by atoms with Crippen LogP contribution in [0.15, 0.2) is 54.6 Å². The molecule has 0 bridgehead atoms. The summed E-state index contributed by atoms with van der Waals surface area (Å²) in [6, 6.07) is 15.8. The summed E-state index contributed by atoms with van der Waals surface area (Å²) < 4.78 is 5.07. The summed E-state index contributed by atoms with van der Waals surface area (Å²) in [5.41, 5.74) is 1.14. The van der Waals surface area contributed by atoms with E-state index >= 15 is 0 Å². The maximum Gasteiger partial charge on any atom is 0.257 e. The molecule has 1 atom stereocenters. The molecule has 0 heterocycles. The van der Waals surface area contributed by atoms with E-state index in [4.69, 9.17) is 4.74 Å². The van der Waals surface area contributed by atoms with Crippen molar-refractivity contribution in [1.82, 2.24) is 0 Å². The number of carbonyl (C=O) groups is 1. The van der Waals surface area contributed by atoms with Crippen LogP contribution in [0.25, 0.3) is 0 Å². The van der Waals surface area contributed by atoms with Crippen molar-refractivity contribution in [3.63, 3.8) is 0 Å². The number of aliphatic hydroxyl groups excluding tert-OH is 1. The molecule has 0 aliphatic heterocycles. The third-order valence-corrected chi connectivity index (χ3v) is 2.70. The van der Waals surface area contributed by atoms with E-state index in [1.165, 1.54) is 0 Å². The first-order valence-corrected chi connectivity index (χ1v) is 5.88. The summed E-state index contributed by atoms with van der Waals surface area (Å²) in [5.74, 6) is 0.173. The SMILES string of the molecule is COc1cccc(NC(=O)[C@H](O)c2ccccc2)c1. The van der Waals surface area contributed by atoms with Crippen molar-refractivity contribution in [2.75, 3.05) is 12.4 Å². The van der Waals surface area contributed by atoms with Gasteiger partial charge in [0.15, 0.2) is 6.10 Å². The van der Waals surface area contributed by atoms with Crippen LogP contribution in [0.3, 0.4) is 0 Å². The molecule has 0 fully saturated rings. The van der Waals surface area contributed by atoms with E-state index in [1.807, 2.05) is 6.07 Å². The van der Waals surface area contributed by atoms with Crippen LogP contribution in [-0.2, 0) is 4.79 Å². The smallest absolute Gasteiger partial charge is 0.257 e. The molecule has 0 spiro atoms. The number of rotatable bonds is 4. The first-order chi connectivity index (χ1) is 9.20. The zero-order valence-corrected chi connectivity index (χ0v) is 10.5. The summed E-state index contributed by atoms with van der Waals surface area (Å²) in [5, 5.41) is 12.6. The van der Waals surface area contributed by atoms with Gasteiger partial charge in [0.1, 0.15) is 5.75 Å². The van der Waals surface area contributed by atoms with Gasteiger partial charge in [-0.05, 0) is 17.7 Å². The van der Waals surface area contributed by atoms with Crippen molar-refractivity contribution in [3.8, 4) is 5.75 Å². The number of amides is 1. The Hall–Kier alpha value is -2.33. The third kappa shape index (κ3) is 3.33. The van der Waals surface area contributed by atoms with Crippen molar-refractivity contribution >= 4 is 11.6 Å². The predicted octanol–water partition coefficient (Wildman–Crippen LogP) is 2.37. The number of carbonyl (C=O) groups excluding carboxylic acids is 1. The Bertz CT molecular complexity index is 554. The average Bonchev–Trinajstić information content (AvgIpc) is 2.47. The maximum absolute atomic E-state index is 11.9. The minimum Gasteiger partial charge on any atom is -0.497 e. The first kappa shape index (κ1) is 13.1. The molecule has 0 saturated carbocycles. The highest BCUT2D eigenvalue weighted by Crippen LogP contribution is 2.19. The van der Waals surface area contributed by atoms with E-state index in [1.54, 1.807) is 55.6 Å². The molecule has 0 unspecified atom stereocenters. The molecule has 2 aromatic rings. The number of methoxy groups -OCH3 is 1. The molecule has 0 aliphatic carbocycles. The summed E-state index contributed by atoms with van der Waals surface area (Å²) >= 11 is 0. The van der Waals surface area contributed by atoms with Crippen LogP contribution in [-0.4, -0.2) is 18.1 Å². The molecule has 2 N–H and O–H groups in total.